The Kier molecular flexibility index (Phi) is 6.71. The molecule has 1 aliphatic heterocycles. The molecule has 4 rings (SSSR count). The standard InChI is InChI=1S/C23H34N4O3/c1-16(2)19-7-8-25-22-21(19)17(14-26(22)10-4-11-29-3)15-27(18-5-6-18)23(28)20-13-24-9-12-30-20/h7-8,14,16,18,20,24H,4-6,9-13,15H2,1-3H3/t20-/m1/s1. The fourth-order valence-electron chi connectivity index (χ4n) is 4.34. The molecule has 0 spiro atoms. The number of morpholine rings is 1. The highest BCUT2D eigenvalue weighted by Gasteiger charge is 2.37. The van der Waals surface area contributed by atoms with Gasteiger partial charge in [0.1, 0.15) is 11.8 Å². The van der Waals surface area contributed by atoms with Crippen molar-refractivity contribution in [2.24, 2.45) is 0 Å². The van der Waals surface area contributed by atoms with Gasteiger partial charge in [-0.3, -0.25) is 4.79 Å². The Bertz CT molecular complexity index is 869. The van der Waals surface area contributed by atoms with Gasteiger partial charge in [-0.05, 0) is 42.4 Å². The van der Waals surface area contributed by atoms with Crippen LogP contribution in [0.25, 0.3) is 11.0 Å². The van der Waals surface area contributed by atoms with E-state index in [0.717, 1.165) is 44.6 Å². The Balaban J connectivity index is 1.66. The highest BCUT2D eigenvalue weighted by Crippen LogP contribution is 2.34. The molecule has 2 fully saturated rings. The number of ether oxygens (including phenoxy) is 2. The summed E-state index contributed by atoms with van der Waals surface area (Å²) >= 11 is 0. The van der Waals surface area contributed by atoms with Crippen molar-refractivity contribution in [2.75, 3.05) is 33.4 Å². The second-order valence-electron chi connectivity index (χ2n) is 8.71. The largest absolute Gasteiger partial charge is 0.385 e. The zero-order valence-electron chi connectivity index (χ0n) is 18.4. The van der Waals surface area contributed by atoms with Crippen LogP contribution < -0.4 is 5.32 Å². The van der Waals surface area contributed by atoms with Gasteiger partial charge in [-0.25, -0.2) is 4.98 Å². The number of nitrogens with one attached hydrogen (secondary N) is 1. The number of carbonyl (C=O) groups excluding carboxylic acids is 1. The predicted molar refractivity (Wildman–Crippen MR) is 116 cm³/mol. The second kappa shape index (κ2) is 9.45. The number of methoxy groups -OCH3 is 1. The molecule has 1 aliphatic carbocycles. The van der Waals surface area contributed by atoms with E-state index in [4.69, 9.17) is 14.5 Å². The first-order valence-electron chi connectivity index (χ1n) is 11.2. The minimum absolute atomic E-state index is 0.111. The van der Waals surface area contributed by atoms with Crippen molar-refractivity contribution in [1.29, 1.82) is 0 Å². The molecular weight excluding hydrogens is 380 g/mol. The number of nitrogens with zero attached hydrogens (tertiary/aromatic N) is 3. The number of amides is 1. The maximum absolute atomic E-state index is 13.3. The van der Waals surface area contributed by atoms with Gasteiger partial charge in [0, 0.05) is 63.7 Å². The Labute approximate surface area is 178 Å². The van der Waals surface area contributed by atoms with Crippen LogP contribution in [0.4, 0.5) is 0 Å². The van der Waals surface area contributed by atoms with E-state index in [-0.39, 0.29) is 12.0 Å². The van der Waals surface area contributed by atoms with E-state index in [2.05, 4.69) is 36.0 Å². The molecule has 164 valence electrons. The molecule has 7 nitrogen and oxygen atoms in total. The van der Waals surface area contributed by atoms with Crippen LogP contribution in [0.1, 0.15) is 50.2 Å². The van der Waals surface area contributed by atoms with E-state index in [1.807, 2.05) is 11.1 Å². The van der Waals surface area contributed by atoms with Crippen LogP contribution >= 0.6 is 0 Å². The molecule has 1 saturated carbocycles. The number of aryl methyl sites for hydroxylation is 1. The molecule has 0 aromatic carbocycles. The van der Waals surface area contributed by atoms with Crippen molar-refractivity contribution in [3.8, 4) is 0 Å². The summed E-state index contributed by atoms with van der Waals surface area (Å²) in [5.41, 5.74) is 3.48. The molecular formula is C23H34N4O3. The monoisotopic (exact) mass is 414 g/mol. The zero-order valence-corrected chi connectivity index (χ0v) is 18.4. The number of hydrogen-bond donors (Lipinski definition) is 1. The average Bonchev–Trinajstić information content (AvgIpc) is 3.55. The maximum atomic E-state index is 13.3. The van der Waals surface area contributed by atoms with Crippen LogP contribution in [-0.4, -0.2) is 65.9 Å². The highest BCUT2D eigenvalue weighted by atomic mass is 16.5. The van der Waals surface area contributed by atoms with E-state index in [9.17, 15) is 4.79 Å². The average molecular weight is 415 g/mol. The van der Waals surface area contributed by atoms with Crippen LogP contribution in [0.15, 0.2) is 18.5 Å². The molecule has 1 atom stereocenters. The molecule has 1 saturated heterocycles. The Hall–Kier alpha value is -1.96. The van der Waals surface area contributed by atoms with Crippen molar-refractivity contribution >= 4 is 16.9 Å². The smallest absolute Gasteiger partial charge is 0.253 e. The SMILES string of the molecule is COCCCn1cc(CN(C(=O)[C@H]2CNCCO2)C2CC2)c2c(C(C)C)ccnc21. The van der Waals surface area contributed by atoms with Crippen LogP contribution in [0.3, 0.4) is 0 Å². The molecule has 7 heteroatoms. The lowest BCUT2D eigenvalue weighted by Crippen LogP contribution is -2.49. The van der Waals surface area contributed by atoms with Gasteiger partial charge in [-0.1, -0.05) is 13.8 Å². The topological polar surface area (TPSA) is 68.6 Å². The molecule has 30 heavy (non-hydrogen) atoms. The summed E-state index contributed by atoms with van der Waals surface area (Å²) in [7, 11) is 1.73. The molecule has 2 aromatic heterocycles. The second-order valence-corrected chi connectivity index (χ2v) is 8.71. The number of carbonyl (C=O) groups is 1. The number of pyridine rings is 1. The molecule has 0 radical (unpaired) electrons. The van der Waals surface area contributed by atoms with Gasteiger partial charge in [-0.2, -0.15) is 0 Å². The van der Waals surface area contributed by atoms with Crippen molar-refractivity contribution in [3.63, 3.8) is 0 Å². The van der Waals surface area contributed by atoms with E-state index in [1.54, 1.807) is 7.11 Å². The third kappa shape index (κ3) is 4.53. The van der Waals surface area contributed by atoms with Crippen LogP contribution in [0.2, 0.25) is 0 Å². The van der Waals surface area contributed by atoms with Gasteiger partial charge in [0.25, 0.3) is 5.91 Å². The molecule has 1 amide bonds. The lowest BCUT2D eigenvalue weighted by molar-refractivity contribution is -0.146. The Morgan fingerprint density at radius 1 is 1.43 bits per heavy atom. The maximum Gasteiger partial charge on any atom is 0.253 e. The van der Waals surface area contributed by atoms with Crippen molar-refractivity contribution in [1.82, 2.24) is 19.8 Å². The quantitative estimate of drug-likeness (QED) is 0.639. The van der Waals surface area contributed by atoms with Crippen LogP contribution in [0, 0.1) is 0 Å². The minimum atomic E-state index is -0.378. The normalized spacial score (nSPS) is 19.5. The van der Waals surface area contributed by atoms with E-state index >= 15 is 0 Å². The third-order valence-electron chi connectivity index (χ3n) is 6.05. The molecule has 2 aliphatic rings. The summed E-state index contributed by atoms with van der Waals surface area (Å²) in [6.07, 6.45) is 6.81. The molecule has 1 N–H and O–H groups in total. The summed E-state index contributed by atoms with van der Waals surface area (Å²) in [5, 5.41) is 4.48. The summed E-state index contributed by atoms with van der Waals surface area (Å²) < 4.78 is 13.2. The van der Waals surface area contributed by atoms with Gasteiger partial charge in [0.15, 0.2) is 0 Å². The molecule has 2 aromatic rings. The minimum Gasteiger partial charge on any atom is -0.385 e. The summed E-state index contributed by atoms with van der Waals surface area (Å²) in [6, 6.07) is 2.45. The van der Waals surface area contributed by atoms with Gasteiger partial charge >= 0.3 is 0 Å². The first-order chi connectivity index (χ1) is 14.6. The highest BCUT2D eigenvalue weighted by molar-refractivity contribution is 5.86. The first kappa shape index (κ1) is 21.3. The van der Waals surface area contributed by atoms with Crippen molar-refractivity contribution in [2.45, 2.75) is 64.3 Å². The van der Waals surface area contributed by atoms with E-state index in [0.29, 0.717) is 31.7 Å². The van der Waals surface area contributed by atoms with Crippen molar-refractivity contribution < 1.29 is 14.3 Å². The Morgan fingerprint density at radius 2 is 2.27 bits per heavy atom. The lowest BCUT2D eigenvalue weighted by atomic mass is 9.99. The summed E-state index contributed by atoms with van der Waals surface area (Å²) in [6.45, 7) is 8.62. The first-order valence-corrected chi connectivity index (χ1v) is 11.2. The third-order valence-corrected chi connectivity index (χ3v) is 6.05. The summed E-state index contributed by atoms with van der Waals surface area (Å²) in [4.78, 5) is 20.0. The number of fused-ring (bicyclic) bond motifs is 1. The fraction of sp³-hybridized carbons (Fsp3) is 0.652. The Morgan fingerprint density at radius 3 is 2.93 bits per heavy atom. The van der Waals surface area contributed by atoms with Crippen LogP contribution in [0.5, 0.6) is 0 Å². The van der Waals surface area contributed by atoms with Crippen LogP contribution in [-0.2, 0) is 27.4 Å². The van der Waals surface area contributed by atoms with Gasteiger partial charge in [-0.15, -0.1) is 0 Å². The number of aromatic nitrogens is 2. The summed E-state index contributed by atoms with van der Waals surface area (Å²) in [5.74, 6) is 0.500. The molecule has 3 heterocycles. The number of hydrogen-bond acceptors (Lipinski definition) is 5. The molecule has 0 unspecified atom stereocenters. The van der Waals surface area contributed by atoms with Gasteiger partial charge in [0.05, 0.1) is 6.61 Å². The predicted octanol–water partition coefficient (Wildman–Crippen LogP) is 2.68. The van der Waals surface area contributed by atoms with Gasteiger partial charge < -0.3 is 24.3 Å². The fourth-order valence-corrected chi connectivity index (χ4v) is 4.34. The number of rotatable bonds is 9. The van der Waals surface area contributed by atoms with Crippen molar-refractivity contribution in [3.05, 3.63) is 29.6 Å². The van der Waals surface area contributed by atoms with E-state index in [1.165, 1.54) is 16.5 Å². The zero-order chi connectivity index (χ0) is 21.1. The molecule has 0 bridgehead atoms. The van der Waals surface area contributed by atoms with E-state index < -0.39 is 0 Å². The van der Waals surface area contributed by atoms with Gasteiger partial charge in [0.2, 0.25) is 0 Å². The lowest BCUT2D eigenvalue weighted by Gasteiger charge is -2.30.